The van der Waals surface area contributed by atoms with Crippen LogP contribution in [-0.2, 0) is 11.3 Å². The van der Waals surface area contributed by atoms with Crippen LogP contribution in [0.1, 0.15) is 19.9 Å². The molecule has 36 heavy (non-hydrogen) atoms. The minimum atomic E-state index is -0.364. The standard InChI is InChI=1S/C26H24FN7O2/c1-4-32-14-28-25-21(10-29-30-26(25)32)16-5-6-22(27)19(7-16)20-8-17-11-34(18-12-33(13-18)15(2)35)31-23(17)9-24(20)36-3/h5-11,14,18H,4,12-13H2,1-3H3. The smallest absolute Gasteiger partial charge is 0.219 e. The van der Waals surface area contributed by atoms with Gasteiger partial charge in [-0.25, -0.2) is 9.37 Å². The summed E-state index contributed by atoms with van der Waals surface area (Å²) in [6.07, 6.45) is 5.33. The SMILES string of the molecule is CCn1cnc2c(-c3ccc(F)c(-c4cc5cn(C6CN(C(C)=O)C6)nc5cc4OC)c3)cnnc21. The lowest BCUT2D eigenvalue weighted by molar-refractivity contribution is -0.134. The summed E-state index contributed by atoms with van der Waals surface area (Å²) in [4.78, 5) is 17.8. The molecule has 0 radical (unpaired) electrons. The molecule has 0 saturated carbocycles. The van der Waals surface area contributed by atoms with Crippen LogP contribution in [0.5, 0.6) is 5.75 Å². The molecule has 4 heterocycles. The zero-order valence-electron chi connectivity index (χ0n) is 20.1. The third-order valence-corrected chi connectivity index (χ3v) is 6.84. The maximum atomic E-state index is 15.2. The summed E-state index contributed by atoms with van der Waals surface area (Å²) in [7, 11) is 1.56. The number of halogens is 1. The molecule has 0 bridgehead atoms. The van der Waals surface area contributed by atoms with E-state index in [-0.39, 0.29) is 17.8 Å². The van der Waals surface area contributed by atoms with Crippen LogP contribution in [-0.4, -0.2) is 60.5 Å². The van der Waals surface area contributed by atoms with Crippen molar-refractivity contribution in [3.8, 4) is 28.0 Å². The first kappa shape index (κ1) is 22.1. The third-order valence-electron chi connectivity index (χ3n) is 6.84. The van der Waals surface area contributed by atoms with Gasteiger partial charge in [-0.05, 0) is 30.7 Å². The number of methoxy groups -OCH3 is 1. The Morgan fingerprint density at radius 2 is 2.00 bits per heavy atom. The van der Waals surface area contributed by atoms with Gasteiger partial charge in [0.15, 0.2) is 5.65 Å². The highest BCUT2D eigenvalue weighted by Crippen LogP contribution is 2.38. The van der Waals surface area contributed by atoms with Crippen molar-refractivity contribution in [2.45, 2.75) is 26.4 Å². The number of carbonyl (C=O) groups is 1. The Kier molecular flexibility index (Phi) is 5.17. The van der Waals surface area contributed by atoms with E-state index in [1.807, 2.05) is 34.5 Å². The van der Waals surface area contributed by atoms with Crippen molar-refractivity contribution in [1.82, 2.24) is 34.4 Å². The van der Waals surface area contributed by atoms with E-state index in [1.54, 1.807) is 43.6 Å². The first-order valence-corrected chi connectivity index (χ1v) is 11.8. The van der Waals surface area contributed by atoms with E-state index in [0.717, 1.165) is 28.6 Å². The lowest BCUT2D eigenvalue weighted by Gasteiger charge is -2.38. The highest BCUT2D eigenvalue weighted by molar-refractivity contribution is 5.92. The van der Waals surface area contributed by atoms with Gasteiger partial charge in [-0.2, -0.15) is 10.2 Å². The van der Waals surface area contributed by atoms with E-state index < -0.39 is 0 Å². The summed E-state index contributed by atoms with van der Waals surface area (Å²) in [6, 6.07) is 8.81. The fourth-order valence-corrected chi connectivity index (χ4v) is 4.73. The van der Waals surface area contributed by atoms with Gasteiger partial charge in [0.2, 0.25) is 5.91 Å². The molecule has 9 nitrogen and oxygen atoms in total. The molecule has 6 rings (SSSR count). The molecule has 1 aliphatic heterocycles. The molecule has 0 spiro atoms. The summed E-state index contributed by atoms with van der Waals surface area (Å²) in [6.45, 7) is 5.57. The van der Waals surface area contributed by atoms with E-state index >= 15 is 4.39 Å². The summed E-state index contributed by atoms with van der Waals surface area (Å²) < 4.78 is 24.7. The third kappa shape index (κ3) is 3.48. The van der Waals surface area contributed by atoms with Crippen molar-refractivity contribution in [3.63, 3.8) is 0 Å². The Bertz CT molecular complexity index is 1630. The summed E-state index contributed by atoms with van der Waals surface area (Å²) in [5.74, 6) is 0.221. The molecule has 0 atom stereocenters. The number of benzene rings is 2. The van der Waals surface area contributed by atoms with Gasteiger partial charge in [-0.3, -0.25) is 9.48 Å². The largest absolute Gasteiger partial charge is 0.496 e. The molecule has 1 saturated heterocycles. The second kappa shape index (κ2) is 8.40. The number of aryl methyl sites for hydroxylation is 1. The lowest BCUT2D eigenvalue weighted by atomic mass is 9.97. The number of likely N-dealkylation sites (tertiary alicyclic amines) is 1. The topological polar surface area (TPSA) is 91.0 Å². The summed E-state index contributed by atoms with van der Waals surface area (Å²) in [5.41, 5.74) is 4.74. The number of fused-ring (bicyclic) bond motifs is 2. The first-order chi connectivity index (χ1) is 17.5. The van der Waals surface area contributed by atoms with Crippen molar-refractivity contribution >= 4 is 28.0 Å². The number of carbonyl (C=O) groups excluding carboxylic acids is 1. The maximum Gasteiger partial charge on any atom is 0.219 e. The van der Waals surface area contributed by atoms with Crippen molar-refractivity contribution in [2.24, 2.45) is 0 Å². The van der Waals surface area contributed by atoms with Crippen molar-refractivity contribution in [1.29, 1.82) is 0 Å². The molecule has 2 aromatic carbocycles. The number of aromatic nitrogens is 6. The van der Waals surface area contributed by atoms with Crippen molar-refractivity contribution in [2.75, 3.05) is 20.2 Å². The van der Waals surface area contributed by atoms with Crippen LogP contribution < -0.4 is 4.74 Å². The first-order valence-electron chi connectivity index (χ1n) is 11.8. The van der Waals surface area contributed by atoms with Crippen LogP contribution in [0.4, 0.5) is 4.39 Å². The Morgan fingerprint density at radius 3 is 2.75 bits per heavy atom. The Morgan fingerprint density at radius 1 is 1.17 bits per heavy atom. The van der Waals surface area contributed by atoms with Crippen LogP contribution in [0, 0.1) is 5.82 Å². The number of amides is 1. The molecule has 1 fully saturated rings. The lowest BCUT2D eigenvalue weighted by Crippen LogP contribution is -2.49. The van der Waals surface area contributed by atoms with Gasteiger partial charge in [-0.15, -0.1) is 5.10 Å². The number of nitrogens with zero attached hydrogens (tertiary/aromatic N) is 7. The predicted molar refractivity (Wildman–Crippen MR) is 133 cm³/mol. The molecule has 1 aliphatic rings. The van der Waals surface area contributed by atoms with Crippen LogP contribution >= 0.6 is 0 Å². The van der Waals surface area contributed by atoms with E-state index in [4.69, 9.17) is 4.74 Å². The Hall–Kier alpha value is -4.34. The second-order valence-corrected chi connectivity index (χ2v) is 8.95. The van der Waals surface area contributed by atoms with Crippen molar-refractivity contribution < 1.29 is 13.9 Å². The average Bonchev–Trinajstić information content (AvgIpc) is 3.45. The minimum Gasteiger partial charge on any atom is -0.496 e. The number of hydrogen-bond acceptors (Lipinski definition) is 6. The fraction of sp³-hybridized carbons (Fsp3) is 0.269. The highest BCUT2D eigenvalue weighted by atomic mass is 19.1. The van der Waals surface area contributed by atoms with Gasteiger partial charge in [0.05, 0.1) is 31.2 Å². The van der Waals surface area contributed by atoms with Crippen LogP contribution in [0.2, 0.25) is 0 Å². The van der Waals surface area contributed by atoms with Crippen molar-refractivity contribution in [3.05, 3.63) is 54.9 Å². The monoisotopic (exact) mass is 485 g/mol. The van der Waals surface area contributed by atoms with Gasteiger partial charge in [0.1, 0.15) is 17.1 Å². The number of rotatable bonds is 5. The van der Waals surface area contributed by atoms with E-state index in [9.17, 15) is 4.79 Å². The molecule has 0 N–H and O–H groups in total. The molecular weight excluding hydrogens is 461 g/mol. The normalized spacial score (nSPS) is 13.9. The predicted octanol–water partition coefficient (Wildman–Crippen LogP) is 4.08. The molecule has 182 valence electrons. The zero-order chi connectivity index (χ0) is 25.0. The number of hydrogen-bond donors (Lipinski definition) is 0. The zero-order valence-corrected chi connectivity index (χ0v) is 20.1. The Labute approximate surface area is 206 Å². The Balaban J connectivity index is 1.43. The van der Waals surface area contributed by atoms with Crippen LogP contribution in [0.25, 0.3) is 44.3 Å². The number of imidazole rings is 1. The molecule has 1 amide bonds. The van der Waals surface area contributed by atoms with E-state index in [2.05, 4.69) is 20.3 Å². The van der Waals surface area contributed by atoms with Gasteiger partial charge < -0.3 is 14.2 Å². The molecule has 10 heteroatoms. The molecule has 5 aromatic rings. The molecule has 3 aromatic heterocycles. The summed E-state index contributed by atoms with van der Waals surface area (Å²) in [5, 5.41) is 13.9. The highest BCUT2D eigenvalue weighted by Gasteiger charge is 2.30. The van der Waals surface area contributed by atoms with Gasteiger partial charge in [0.25, 0.3) is 0 Å². The molecular formula is C26H24FN7O2. The molecule has 0 aliphatic carbocycles. The number of ether oxygens (including phenoxy) is 1. The van der Waals surface area contributed by atoms with Gasteiger partial charge in [0, 0.05) is 60.9 Å². The second-order valence-electron chi connectivity index (χ2n) is 8.95. The van der Waals surface area contributed by atoms with E-state index in [1.165, 1.54) is 6.07 Å². The quantitative estimate of drug-likeness (QED) is 0.373. The van der Waals surface area contributed by atoms with Crippen LogP contribution in [0.3, 0.4) is 0 Å². The maximum absolute atomic E-state index is 15.2. The fourth-order valence-electron chi connectivity index (χ4n) is 4.73. The van der Waals surface area contributed by atoms with Crippen LogP contribution in [0.15, 0.2) is 49.1 Å². The van der Waals surface area contributed by atoms with Gasteiger partial charge in [-0.1, -0.05) is 6.07 Å². The molecule has 0 unspecified atom stereocenters. The minimum absolute atomic E-state index is 0.0606. The summed E-state index contributed by atoms with van der Waals surface area (Å²) >= 11 is 0. The van der Waals surface area contributed by atoms with Gasteiger partial charge >= 0.3 is 0 Å². The van der Waals surface area contributed by atoms with E-state index in [0.29, 0.717) is 41.1 Å². The average molecular weight is 486 g/mol.